The highest BCUT2D eigenvalue weighted by Gasteiger charge is 2.43. The molecule has 2 nitrogen and oxygen atoms in total. The van der Waals surface area contributed by atoms with Gasteiger partial charge in [0.2, 0.25) is 0 Å². The lowest BCUT2D eigenvalue weighted by Crippen LogP contribution is -2.30. The third kappa shape index (κ3) is 3.64. The second-order valence-corrected chi connectivity index (χ2v) is 11.1. The van der Waals surface area contributed by atoms with Crippen LogP contribution in [0.4, 0.5) is 11.4 Å². The quantitative estimate of drug-likeness (QED) is 0.222. The van der Waals surface area contributed by atoms with E-state index in [0.29, 0.717) is 0 Å². The minimum absolute atomic E-state index is 0.205. The molecule has 2 heterocycles. The number of hydrogen-bond acceptors (Lipinski definition) is 1. The molecule has 5 aromatic carbocycles. The maximum Gasteiger partial charge on any atom is 0.0637 e. The number of aromatic nitrogens is 1. The summed E-state index contributed by atoms with van der Waals surface area (Å²) in [5, 5.41) is 1.31. The number of benzene rings is 5. The third-order valence-electron chi connectivity index (χ3n) is 8.72. The summed E-state index contributed by atoms with van der Waals surface area (Å²) in [6.45, 7) is 6.42. The molecule has 196 valence electrons. The van der Waals surface area contributed by atoms with Gasteiger partial charge in [0.25, 0.3) is 0 Å². The maximum atomic E-state index is 4.32. The van der Waals surface area contributed by atoms with Gasteiger partial charge in [0.1, 0.15) is 0 Å². The van der Waals surface area contributed by atoms with Crippen LogP contribution in [0.2, 0.25) is 0 Å². The van der Waals surface area contributed by atoms with Crippen LogP contribution in [0.25, 0.3) is 44.9 Å². The first-order chi connectivity index (χ1) is 20.2. The van der Waals surface area contributed by atoms with Crippen LogP contribution in [0.3, 0.4) is 0 Å². The lowest BCUT2D eigenvalue weighted by Gasteiger charge is -2.31. The molecule has 41 heavy (non-hydrogen) atoms. The second-order valence-electron chi connectivity index (χ2n) is 11.1. The van der Waals surface area contributed by atoms with Crippen molar-refractivity contribution >= 4 is 34.1 Å². The molecule has 2 unspecified atom stereocenters. The molecule has 0 saturated heterocycles. The Balaban J connectivity index is 1.21. The third-order valence-corrected chi connectivity index (χ3v) is 8.72. The van der Waals surface area contributed by atoms with Crippen LogP contribution < -0.4 is 4.90 Å². The fourth-order valence-electron chi connectivity index (χ4n) is 7.00. The first-order valence-corrected chi connectivity index (χ1v) is 14.3. The minimum Gasteiger partial charge on any atom is -0.333 e. The van der Waals surface area contributed by atoms with Crippen molar-refractivity contribution in [2.45, 2.75) is 18.9 Å². The maximum absolute atomic E-state index is 4.32. The first kappa shape index (κ1) is 23.8. The summed E-state index contributed by atoms with van der Waals surface area (Å²) in [5.74, 6) is 0.249. The zero-order valence-electron chi connectivity index (χ0n) is 23.0. The molecule has 0 spiro atoms. The average Bonchev–Trinajstić information content (AvgIpc) is 3.55. The molecule has 0 bridgehead atoms. The molecular weight excluding hydrogens is 496 g/mol. The molecule has 1 aliphatic carbocycles. The van der Waals surface area contributed by atoms with E-state index in [2.05, 4.69) is 163 Å². The van der Waals surface area contributed by atoms with Crippen LogP contribution in [-0.2, 0) is 0 Å². The molecule has 2 aliphatic rings. The smallest absolute Gasteiger partial charge is 0.0637 e. The second kappa shape index (κ2) is 9.25. The minimum atomic E-state index is 0.205. The zero-order valence-corrected chi connectivity index (χ0v) is 23.0. The zero-order chi connectivity index (χ0) is 27.5. The Hall–Kier alpha value is -5.08. The number of para-hydroxylation sites is 2. The Morgan fingerprint density at radius 1 is 0.659 bits per heavy atom. The van der Waals surface area contributed by atoms with Gasteiger partial charge in [-0.1, -0.05) is 110 Å². The first-order valence-electron chi connectivity index (χ1n) is 14.3. The summed E-state index contributed by atoms with van der Waals surface area (Å²) in [6, 6.07) is 46.4. The van der Waals surface area contributed by atoms with E-state index in [-0.39, 0.29) is 12.0 Å². The standard InChI is InChI=1S/C39H30N2/c1-26(2)40-34-17-8-6-15-32(34)38-36(40)23-24-37-39(38)33-16-7-9-18-35(33)41(37)31-21-19-28(20-22-31)30-14-10-13-29(25-30)27-11-4-3-5-12-27/h3-25,37,39H,1H2,2H3. The van der Waals surface area contributed by atoms with Crippen molar-refractivity contribution in [2.24, 2.45) is 0 Å². The van der Waals surface area contributed by atoms with Crippen LogP contribution in [-0.4, -0.2) is 10.6 Å². The van der Waals surface area contributed by atoms with Crippen LogP contribution in [0.1, 0.15) is 29.7 Å². The van der Waals surface area contributed by atoms with Crippen LogP contribution in [0.15, 0.2) is 140 Å². The van der Waals surface area contributed by atoms with Crippen molar-refractivity contribution in [3.8, 4) is 22.3 Å². The van der Waals surface area contributed by atoms with Gasteiger partial charge < -0.3 is 9.47 Å². The van der Waals surface area contributed by atoms with Gasteiger partial charge in [0.15, 0.2) is 0 Å². The summed E-state index contributed by atoms with van der Waals surface area (Å²) in [5.41, 5.74) is 13.7. The van der Waals surface area contributed by atoms with E-state index in [1.807, 2.05) is 0 Å². The van der Waals surface area contributed by atoms with E-state index in [9.17, 15) is 0 Å². The Morgan fingerprint density at radius 2 is 1.32 bits per heavy atom. The van der Waals surface area contributed by atoms with E-state index in [1.165, 1.54) is 61.4 Å². The van der Waals surface area contributed by atoms with Crippen molar-refractivity contribution < 1.29 is 0 Å². The SMILES string of the molecule is C=C(C)n1c2c(c3ccccc31)C1c3ccccc3N(c3ccc(-c4cccc(-c5ccccc5)c4)cc3)C1C=C2. The monoisotopic (exact) mass is 526 g/mol. The fourth-order valence-corrected chi connectivity index (χ4v) is 7.00. The molecule has 0 amide bonds. The van der Waals surface area contributed by atoms with Gasteiger partial charge in [-0.2, -0.15) is 0 Å². The van der Waals surface area contributed by atoms with Crippen molar-refractivity contribution in [2.75, 3.05) is 4.90 Å². The molecule has 1 aromatic heterocycles. The van der Waals surface area contributed by atoms with Gasteiger partial charge >= 0.3 is 0 Å². The highest BCUT2D eigenvalue weighted by Crippen LogP contribution is 2.53. The van der Waals surface area contributed by atoms with E-state index < -0.39 is 0 Å². The Labute approximate surface area is 241 Å². The highest BCUT2D eigenvalue weighted by molar-refractivity contribution is 5.95. The molecule has 2 atom stereocenters. The molecule has 2 heteroatoms. The normalized spacial score (nSPS) is 16.9. The van der Waals surface area contributed by atoms with Gasteiger partial charge in [-0.25, -0.2) is 0 Å². The predicted octanol–water partition coefficient (Wildman–Crippen LogP) is 10.1. The van der Waals surface area contributed by atoms with Crippen LogP contribution in [0, 0.1) is 0 Å². The lowest BCUT2D eigenvalue weighted by atomic mass is 9.82. The average molecular weight is 527 g/mol. The lowest BCUT2D eigenvalue weighted by molar-refractivity contribution is 0.726. The van der Waals surface area contributed by atoms with E-state index in [1.54, 1.807) is 0 Å². The molecule has 0 radical (unpaired) electrons. The Kier molecular flexibility index (Phi) is 5.36. The summed E-state index contributed by atoms with van der Waals surface area (Å²) < 4.78 is 2.32. The van der Waals surface area contributed by atoms with Crippen molar-refractivity contribution in [3.05, 3.63) is 157 Å². The van der Waals surface area contributed by atoms with Crippen molar-refractivity contribution in [1.29, 1.82) is 0 Å². The largest absolute Gasteiger partial charge is 0.333 e. The number of anilines is 2. The molecule has 6 aromatic rings. The predicted molar refractivity (Wildman–Crippen MR) is 174 cm³/mol. The number of fused-ring (bicyclic) bond motifs is 7. The summed E-state index contributed by atoms with van der Waals surface area (Å²) in [6.07, 6.45) is 4.70. The Bertz CT molecular complexity index is 1970. The number of hydrogen-bond donors (Lipinski definition) is 0. The molecule has 1 aliphatic heterocycles. The van der Waals surface area contributed by atoms with Gasteiger partial charge in [-0.15, -0.1) is 0 Å². The van der Waals surface area contributed by atoms with E-state index in [4.69, 9.17) is 0 Å². The van der Waals surface area contributed by atoms with Crippen LogP contribution >= 0.6 is 0 Å². The van der Waals surface area contributed by atoms with E-state index >= 15 is 0 Å². The van der Waals surface area contributed by atoms with Gasteiger partial charge in [-0.3, -0.25) is 0 Å². The van der Waals surface area contributed by atoms with Crippen molar-refractivity contribution in [1.82, 2.24) is 4.57 Å². The van der Waals surface area contributed by atoms with Gasteiger partial charge in [0.05, 0.1) is 17.3 Å². The topological polar surface area (TPSA) is 8.17 Å². The number of nitrogens with zero attached hydrogens (tertiary/aromatic N) is 2. The molecule has 0 N–H and O–H groups in total. The molecule has 0 fully saturated rings. The highest BCUT2D eigenvalue weighted by atomic mass is 15.2. The van der Waals surface area contributed by atoms with Gasteiger partial charge in [0, 0.05) is 28.4 Å². The summed E-state index contributed by atoms with van der Waals surface area (Å²) >= 11 is 0. The van der Waals surface area contributed by atoms with Crippen molar-refractivity contribution in [3.63, 3.8) is 0 Å². The Morgan fingerprint density at radius 3 is 2.10 bits per heavy atom. The van der Waals surface area contributed by atoms with Gasteiger partial charge in [-0.05, 0) is 76.7 Å². The summed E-state index contributed by atoms with van der Waals surface area (Å²) in [7, 11) is 0. The summed E-state index contributed by atoms with van der Waals surface area (Å²) in [4.78, 5) is 2.52. The molecule has 0 saturated carbocycles. The van der Waals surface area contributed by atoms with E-state index in [0.717, 1.165) is 5.70 Å². The van der Waals surface area contributed by atoms with Crippen LogP contribution in [0.5, 0.6) is 0 Å². The fraction of sp³-hybridized carbons (Fsp3) is 0.0769. The number of rotatable bonds is 4. The molecular formula is C39H30N2. The molecule has 8 rings (SSSR count). The number of allylic oxidation sites excluding steroid dienone is 1.